The number of aliphatic hydroxyl groups excluding tert-OH is 5. The number of carbonyl (C=O) groups is 2. The van der Waals surface area contributed by atoms with E-state index in [2.05, 4.69) is 9.50 Å². The Morgan fingerprint density at radius 2 is 1.65 bits per heavy atom. The van der Waals surface area contributed by atoms with Crippen molar-refractivity contribution in [3.05, 3.63) is 0 Å². The lowest BCUT2D eigenvalue weighted by molar-refractivity contribution is -0.334. The molecular formula is C14H23NO15S. The Morgan fingerprint density at radius 3 is 2.13 bits per heavy atom. The van der Waals surface area contributed by atoms with E-state index in [9.17, 15) is 43.5 Å². The number of carboxylic acids is 1. The Morgan fingerprint density at radius 1 is 1.03 bits per heavy atom. The number of rotatable bonds is 7. The molecule has 0 unspecified atom stereocenters. The highest BCUT2D eigenvalue weighted by Crippen LogP contribution is 2.30. The number of hydrogen-bond acceptors (Lipinski definition) is 13. The Balaban J connectivity index is 2.42. The maximum atomic E-state index is 11.5. The molecule has 0 saturated carbocycles. The first kappa shape index (κ1) is 25.7. The molecule has 2 rings (SSSR count). The molecule has 17 heteroatoms. The summed E-state index contributed by atoms with van der Waals surface area (Å²) in [5.74, 6) is -2.52. The van der Waals surface area contributed by atoms with Gasteiger partial charge in [-0.2, -0.15) is 8.42 Å². The summed E-state index contributed by atoms with van der Waals surface area (Å²) in [6, 6.07) is -1.64. The maximum Gasteiger partial charge on any atom is 0.397 e. The van der Waals surface area contributed by atoms with Gasteiger partial charge in [0.15, 0.2) is 18.7 Å². The lowest BCUT2D eigenvalue weighted by Gasteiger charge is -2.46. The molecule has 2 aliphatic rings. The predicted molar refractivity (Wildman–Crippen MR) is 91.2 cm³/mol. The number of amides is 1. The van der Waals surface area contributed by atoms with Crippen LogP contribution in [0, 0.1) is 0 Å². The van der Waals surface area contributed by atoms with Crippen molar-refractivity contribution < 1.29 is 71.6 Å². The van der Waals surface area contributed by atoms with Gasteiger partial charge in [0, 0.05) is 6.92 Å². The molecule has 10 atom stereocenters. The number of hydrogen-bond donors (Lipinski definition) is 8. The van der Waals surface area contributed by atoms with Crippen LogP contribution in [0.15, 0.2) is 0 Å². The number of ether oxygens (including phenoxy) is 3. The van der Waals surface area contributed by atoms with E-state index in [0.29, 0.717) is 0 Å². The number of carboxylic acid groups (broad SMARTS) is 1. The topological polar surface area (TPSA) is 259 Å². The molecule has 31 heavy (non-hydrogen) atoms. The van der Waals surface area contributed by atoms with Crippen LogP contribution in [-0.2, 0) is 38.4 Å². The van der Waals surface area contributed by atoms with Crippen LogP contribution in [0.3, 0.4) is 0 Å². The molecule has 0 aliphatic carbocycles. The Labute approximate surface area is 174 Å². The van der Waals surface area contributed by atoms with Gasteiger partial charge in [0.2, 0.25) is 5.91 Å². The van der Waals surface area contributed by atoms with Gasteiger partial charge in [0.05, 0.1) is 6.61 Å². The van der Waals surface area contributed by atoms with Crippen molar-refractivity contribution in [1.29, 1.82) is 0 Å². The monoisotopic (exact) mass is 477 g/mol. The first-order valence-corrected chi connectivity index (χ1v) is 10.1. The predicted octanol–water partition coefficient (Wildman–Crippen LogP) is -5.33. The Kier molecular flexibility index (Phi) is 8.27. The van der Waals surface area contributed by atoms with Gasteiger partial charge in [-0.25, -0.2) is 8.98 Å². The van der Waals surface area contributed by atoms with Crippen LogP contribution in [0.4, 0.5) is 0 Å². The van der Waals surface area contributed by atoms with Gasteiger partial charge < -0.3 is 50.2 Å². The molecule has 2 aliphatic heterocycles. The van der Waals surface area contributed by atoms with Gasteiger partial charge in [0.1, 0.15) is 42.7 Å². The molecule has 0 aromatic rings. The van der Waals surface area contributed by atoms with Crippen molar-refractivity contribution >= 4 is 22.3 Å². The molecule has 1 amide bonds. The summed E-state index contributed by atoms with van der Waals surface area (Å²) in [5.41, 5.74) is 0. The van der Waals surface area contributed by atoms with E-state index >= 15 is 0 Å². The van der Waals surface area contributed by atoms with Gasteiger partial charge >= 0.3 is 16.4 Å². The second kappa shape index (κ2) is 9.96. The summed E-state index contributed by atoms with van der Waals surface area (Å²) in [4.78, 5) is 22.8. The number of aliphatic carboxylic acids is 1. The second-order valence-corrected chi connectivity index (χ2v) is 7.85. The molecule has 16 nitrogen and oxygen atoms in total. The van der Waals surface area contributed by atoms with Crippen molar-refractivity contribution in [3.63, 3.8) is 0 Å². The second-order valence-electron chi connectivity index (χ2n) is 6.80. The number of carbonyl (C=O) groups excluding carboxylic acids is 1. The third kappa shape index (κ3) is 6.05. The van der Waals surface area contributed by atoms with E-state index < -0.39 is 90.2 Å². The molecule has 0 spiro atoms. The van der Waals surface area contributed by atoms with E-state index in [1.165, 1.54) is 0 Å². The molecule has 8 N–H and O–H groups in total. The Bertz CT molecular complexity index is 761. The number of aliphatic hydroxyl groups is 5. The fourth-order valence-electron chi connectivity index (χ4n) is 3.19. The van der Waals surface area contributed by atoms with Crippen LogP contribution < -0.4 is 5.32 Å². The molecule has 0 aromatic heterocycles. The van der Waals surface area contributed by atoms with Crippen molar-refractivity contribution in [3.8, 4) is 0 Å². The van der Waals surface area contributed by atoms with Crippen LogP contribution >= 0.6 is 0 Å². The minimum Gasteiger partial charge on any atom is -0.479 e. The van der Waals surface area contributed by atoms with Crippen molar-refractivity contribution in [2.75, 3.05) is 6.61 Å². The lowest BCUT2D eigenvalue weighted by atomic mass is 9.95. The fourth-order valence-corrected chi connectivity index (χ4v) is 3.71. The van der Waals surface area contributed by atoms with Gasteiger partial charge in [-0.1, -0.05) is 0 Å². The van der Waals surface area contributed by atoms with Gasteiger partial charge in [-0.15, -0.1) is 0 Å². The third-order valence-electron chi connectivity index (χ3n) is 4.55. The van der Waals surface area contributed by atoms with Gasteiger partial charge in [-0.05, 0) is 0 Å². The van der Waals surface area contributed by atoms with Gasteiger partial charge in [0.25, 0.3) is 0 Å². The van der Waals surface area contributed by atoms with Crippen LogP contribution in [0.1, 0.15) is 6.92 Å². The first-order chi connectivity index (χ1) is 14.3. The summed E-state index contributed by atoms with van der Waals surface area (Å²) in [6.07, 6.45) is -17.8. The van der Waals surface area contributed by atoms with E-state index in [1.807, 2.05) is 0 Å². The first-order valence-electron chi connectivity index (χ1n) is 8.72. The zero-order valence-electron chi connectivity index (χ0n) is 15.8. The van der Waals surface area contributed by atoms with E-state index in [0.717, 1.165) is 6.92 Å². The normalized spacial score (nSPS) is 41.5. The van der Waals surface area contributed by atoms with Gasteiger partial charge in [-0.3, -0.25) is 9.35 Å². The molecular weight excluding hydrogens is 454 g/mol. The lowest BCUT2D eigenvalue weighted by Crippen LogP contribution is -2.68. The standard InChI is InChI=1S/C14H23NO15S/c1-3(17)15-5-10(9(30-31(24,25)26)4(2-16)27-13(5)23)28-14-8(20)6(18)7(19)11(29-14)12(21)22/h4-11,13-14,16,18-20,23H,2H2,1H3,(H,15,17)(H,21,22)(H,24,25,26)/t4-,5-,6-,7-,8+,9+,10-,11-,13-,14+/m1/s1. The number of nitrogens with one attached hydrogen (secondary N) is 1. The van der Waals surface area contributed by atoms with Crippen LogP contribution in [-0.4, -0.2) is 123 Å². The van der Waals surface area contributed by atoms with E-state index in [4.69, 9.17) is 23.9 Å². The summed E-state index contributed by atoms with van der Waals surface area (Å²) in [6.45, 7) is 0.0319. The van der Waals surface area contributed by atoms with E-state index in [-0.39, 0.29) is 0 Å². The molecule has 0 bridgehead atoms. The minimum absolute atomic E-state index is 0.779. The average molecular weight is 477 g/mol. The van der Waals surface area contributed by atoms with Crippen LogP contribution in [0.2, 0.25) is 0 Å². The zero-order chi connectivity index (χ0) is 23.7. The van der Waals surface area contributed by atoms with Crippen LogP contribution in [0.25, 0.3) is 0 Å². The molecule has 180 valence electrons. The highest BCUT2D eigenvalue weighted by molar-refractivity contribution is 7.80. The zero-order valence-corrected chi connectivity index (χ0v) is 16.6. The van der Waals surface area contributed by atoms with Crippen LogP contribution in [0.5, 0.6) is 0 Å². The Hall–Kier alpha value is -1.51. The fraction of sp³-hybridized carbons (Fsp3) is 0.857. The largest absolute Gasteiger partial charge is 0.479 e. The highest BCUT2D eigenvalue weighted by Gasteiger charge is 2.53. The SMILES string of the molecule is CC(=O)N[C@@H]1[C@@H](O[C@H]2O[C@@H](C(=O)O)[C@H](O)[C@@H](O)[C@@H]2O)[C@@H](OS(=O)(=O)O)[C@@H](CO)O[C@H]1O. The molecule has 2 saturated heterocycles. The minimum atomic E-state index is -5.22. The summed E-state index contributed by atoms with van der Waals surface area (Å²) in [7, 11) is -5.22. The summed E-state index contributed by atoms with van der Waals surface area (Å²) < 4.78 is 51.3. The van der Waals surface area contributed by atoms with Crippen molar-refractivity contribution in [2.45, 2.75) is 68.3 Å². The smallest absolute Gasteiger partial charge is 0.397 e. The third-order valence-corrected chi connectivity index (χ3v) is 5.02. The maximum absolute atomic E-state index is 11.5. The molecule has 2 fully saturated rings. The molecule has 0 aromatic carbocycles. The van der Waals surface area contributed by atoms with Crippen molar-refractivity contribution in [2.24, 2.45) is 0 Å². The quantitative estimate of drug-likeness (QED) is 0.159. The van der Waals surface area contributed by atoms with Crippen molar-refractivity contribution in [1.82, 2.24) is 5.32 Å². The summed E-state index contributed by atoms with van der Waals surface area (Å²) >= 11 is 0. The molecule has 0 radical (unpaired) electrons. The molecule has 2 heterocycles. The van der Waals surface area contributed by atoms with E-state index in [1.54, 1.807) is 0 Å². The highest BCUT2D eigenvalue weighted by atomic mass is 32.3. The summed E-state index contributed by atoms with van der Waals surface area (Å²) in [5, 5.41) is 60.6. The average Bonchev–Trinajstić information content (AvgIpc) is 2.64.